The number of hydrogen-bond donors (Lipinski definition) is 1. The van der Waals surface area contributed by atoms with Crippen LogP contribution in [-0.2, 0) is 19.5 Å². The van der Waals surface area contributed by atoms with Crippen LogP contribution in [0.2, 0.25) is 0 Å². The Balaban J connectivity index is 0.00000225. The molecule has 0 radical (unpaired) electrons. The molecule has 0 fully saturated rings. The van der Waals surface area contributed by atoms with Gasteiger partial charge in [-0.3, -0.25) is 0 Å². The molecular formula is C18H26IN5S. The highest BCUT2D eigenvalue weighted by Gasteiger charge is 2.18. The van der Waals surface area contributed by atoms with Gasteiger partial charge in [0, 0.05) is 39.1 Å². The highest BCUT2D eigenvalue weighted by Crippen LogP contribution is 2.20. The Hall–Kier alpha value is -1.35. The smallest absolute Gasteiger partial charge is 0.194 e. The van der Waals surface area contributed by atoms with Crippen molar-refractivity contribution in [2.45, 2.75) is 26.4 Å². The van der Waals surface area contributed by atoms with Crippen LogP contribution in [0.25, 0.3) is 0 Å². The molecule has 0 amide bonds. The van der Waals surface area contributed by atoms with E-state index >= 15 is 0 Å². The van der Waals surface area contributed by atoms with Gasteiger partial charge in [0.25, 0.3) is 0 Å². The summed E-state index contributed by atoms with van der Waals surface area (Å²) in [7, 11) is 4.03. The van der Waals surface area contributed by atoms with Gasteiger partial charge in [0.2, 0.25) is 0 Å². The molecular weight excluding hydrogens is 445 g/mol. The van der Waals surface area contributed by atoms with Crippen LogP contribution in [0.3, 0.4) is 0 Å². The number of thiazole rings is 1. The Kier molecular flexibility index (Phi) is 7.49. The van der Waals surface area contributed by atoms with Crippen LogP contribution >= 0.6 is 35.3 Å². The van der Waals surface area contributed by atoms with Crippen LogP contribution in [0.1, 0.15) is 23.7 Å². The number of aromatic nitrogens is 1. The minimum absolute atomic E-state index is 0. The standard InChI is InChI=1S/C18H25N5S.HI/c1-4-19-17(20-11-16-13-24-18(21-16)22(2)3)23-10-9-14-7-5-6-8-15(14)12-23;/h5-8,13H,4,9-12H2,1-3H3,(H,19,20);1H. The number of fused-ring (bicyclic) bond motifs is 1. The second kappa shape index (κ2) is 9.38. The topological polar surface area (TPSA) is 43.8 Å². The Morgan fingerprint density at radius 3 is 2.76 bits per heavy atom. The van der Waals surface area contributed by atoms with Crippen molar-refractivity contribution in [1.82, 2.24) is 15.2 Å². The molecule has 5 nitrogen and oxygen atoms in total. The van der Waals surface area contributed by atoms with Crippen molar-refractivity contribution >= 4 is 46.4 Å². The lowest BCUT2D eigenvalue weighted by molar-refractivity contribution is 0.378. The molecule has 1 aliphatic heterocycles. The van der Waals surface area contributed by atoms with E-state index in [9.17, 15) is 0 Å². The Morgan fingerprint density at radius 1 is 1.32 bits per heavy atom. The number of nitrogens with zero attached hydrogens (tertiary/aromatic N) is 4. The number of hydrogen-bond acceptors (Lipinski definition) is 4. The highest BCUT2D eigenvalue weighted by molar-refractivity contribution is 14.0. The molecule has 0 saturated heterocycles. The van der Waals surface area contributed by atoms with E-state index in [2.05, 4.69) is 51.8 Å². The molecule has 0 unspecified atom stereocenters. The van der Waals surface area contributed by atoms with Crippen molar-refractivity contribution < 1.29 is 0 Å². The second-order valence-electron chi connectivity index (χ2n) is 6.13. The van der Waals surface area contributed by atoms with Crippen LogP contribution in [0.15, 0.2) is 34.6 Å². The fourth-order valence-electron chi connectivity index (χ4n) is 2.83. The van der Waals surface area contributed by atoms with Gasteiger partial charge in [-0.1, -0.05) is 24.3 Å². The molecule has 1 aliphatic rings. The van der Waals surface area contributed by atoms with Crippen molar-refractivity contribution in [3.63, 3.8) is 0 Å². The molecule has 0 atom stereocenters. The Labute approximate surface area is 171 Å². The van der Waals surface area contributed by atoms with Crippen molar-refractivity contribution in [2.24, 2.45) is 4.99 Å². The fraction of sp³-hybridized carbons (Fsp3) is 0.444. The lowest BCUT2D eigenvalue weighted by Gasteiger charge is -2.31. The van der Waals surface area contributed by atoms with Crippen LogP contribution in [-0.4, -0.2) is 43.0 Å². The van der Waals surface area contributed by atoms with Gasteiger partial charge in [-0.05, 0) is 24.5 Å². The lowest BCUT2D eigenvalue weighted by Crippen LogP contribution is -2.44. The van der Waals surface area contributed by atoms with Gasteiger partial charge in [0.1, 0.15) is 0 Å². The van der Waals surface area contributed by atoms with Gasteiger partial charge in [-0.2, -0.15) is 0 Å². The van der Waals surface area contributed by atoms with Gasteiger partial charge >= 0.3 is 0 Å². The zero-order valence-corrected chi connectivity index (χ0v) is 18.2. The summed E-state index contributed by atoms with van der Waals surface area (Å²) in [5.41, 5.74) is 3.88. The summed E-state index contributed by atoms with van der Waals surface area (Å²) < 4.78 is 0. The zero-order valence-electron chi connectivity index (χ0n) is 15.0. The fourth-order valence-corrected chi connectivity index (χ4v) is 3.58. The van der Waals surface area contributed by atoms with E-state index in [0.717, 1.165) is 42.8 Å². The maximum atomic E-state index is 4.81. The third-order valence-corrected chi connectivity index (χ3v) is 5.14. The minimum atomic E-state index is 0. The van der Waals surface area contributed by atoms with Crippen molar-refractivity contribution in [2.75, 3.05) is 32.1 Å². The third kappa shape index (κ3) is 5.07. The van der Waals surface area contributed by atoms with Gasteiger partial charge in [0.05, 0.1) is 12.2 Å². The first-order valence-electron chi connectivity index (χ1n) is 8.39. The van der Waals surface area contributed by atoms with Crippen molar-refractivity contribution in [3.05, 3.63) is 46.5 Å². The lowest BCUT2D eigenvalue weighted by atomic mass is 10.0. The first-order valence-corrected chi connectivity index (χ1v) is 9.27. The summed E-state index contributed by atoms with van der Waals surface area (Å²) in [5.74, 6) is 0.978. The van der Waals surface area contributed by atoms with E-state index in [1.54, 1.807) is 11.3 Å². The number of guanidine groups is 1. The number of nitrogens with one attached hydrogen (secondary N) is 1. The average Bonchev–Trinajstić information content (AvgIpc) is 3.07. The van der Waals surface area contributed by atoms with Gasteiger partial charge < -0.3 is 15.1 Å². The highest BCUT2D eigenvalue weighted by atomic mass is 127. The quantitative estimate of drug-likeness (QED) is 0.422. The second-order valence-corrected chi connectivity index (χ2v) is 6.96. The number of anilines is 1. The summed E-state index contributed by atoms with van der Waals surface area (Å²) in [6, 6.07) is 8.69. The molecule has 25 heavy (non-hydrogen) atoms. The first kappa shape index (κ1) is 20.0. The van der Waals surface area contributed by atoms with E-state index in [-0.39, 0.29) is 24.0 Å². The maximum Gasteiger partial charge on any atom is 0.194 e. The monoisotopic (exact) mass is 471 g/mol. The van der Waals surface area contributed by atoms with Crippen LogP contribution in [0.5, 0.6) is 0 Å². The summed E-state index contributed by atoms with van der Waals surface area (Å²) in [5, 5.41) is 6.54. The molecule has 3 rings (SSSR count). The van der Waals surface area contributed by atoms with Gasteiger partial charge in [0.15, 0.2) is 11.1 Å². The molecule has 1 aromatic heterocycles. The summed E-state index contributed by atoms with van der Waals surface area (Å²) in [6.07, 6.45) is 1.07. The van der Waals surface area contributed by atoms with Gasteiger partial charge in [-0.25, -0.2) is 9.98 Å². The molecule has 1 N–H and O–H groups in total. The third-order valence-electron chi connectivity index (χ3n) is 4.08. The molecule has 0 bridgehead atoms. The summed E-state index contributed by atoms with van der Waals surface area (Å²) in [4.78, 5) is 13.8. The molecule has 0 saturated carbocycles. The largest absolute Gasteiger partial charge is 0.356 e. The van der Waals surface area contributed by atoms with Crippen LogP contribution in [0.4, 0.5) is 5.13 Å². The summed E-state index contributed by atoms with van der Waals surface area (Å²) >= 11 is 1.66. The SMILES string of the molecule is CCNC(=NCc1csc(N(C)C)n1)N1CCc2ccccc2C1.I. The van der Waals surface area contributed by atoms with Crippen LogP contribution in [0, 0.1) is 0 Å². The Bertz CT molecular complexity index is 713. The van der Waals surface area contributed by atoms with E-state index in [4.69, 9.17) is 4.99 Å². The molecule has 2 heterocycles. The predicted octanol–water partition coefficient (Wildman–Crippen LogP) is 3.35. The van der Waals surface area contributed by atoms with Gasteiger partial charge in [-0.15, -0.1) is 35.3 Å². The Morgan fingerprint density at radius 2 is 2.08 bits per heavy atom. The van der Waals surface area contributed by atoms with E-state index in [1.165, 1.54) is 11.1 Å². The molecule has 0 spiro atoms. The molecule has 7 heteroatoms. The minimum Gasteiger partial charge on any atom is -0.356 e. The van der Waals surface area contributed by atoms with Crippen molar-refractivity contribution in [3.8, 4) is 0 Å². The number of halogens is 1. The zero-order chi connectivity index (χ0) is 16.9. The number of aliphatic imine (C=N–C) groups is 1. The maximum absolute atomic E-state index is 4.81. The average molecular weight is 471 g/mol. The number of rotatable bonds is 4. The molecule has 136 valence electrons. The molecule has 0 aliphatic carbocycles. The normalized spacial score (nSPS) is 13.9. The molecule has 1 aromatic carbocycles. The van der Waals surface area contributed by atoms with E-state index in [0.29, 0.717) is 6.54 Å². The van der Waals surface area contributed by atoms with E-state index in [1.807, 2.05) is 19.0 Å². The molecule has 2 aromatic rings. The summed E-state index contributed by atoms with van der Waals surface area (Å²) in [6.45, 7) is 5.52. The van der Waals surface area contributed by atoms with Crippen molar-refractivity contribution in [1.29, 1.82) is 0 Å². The van der Waals surface area contributed by atoms with Crippen LogP contribution < -0.4 is 10.2 Å². The number of benzene rings is 1. The van der Waals surface area contributed by atoms with E-state index < -0.39 is 0 Å². The predicted molar refractivity (Wildman–Crippen MR) is 117 cm³/mol. The first-order chi connectivity index (χ1) is 11.7.